The van der Waals surface area contributed by atoms with Gasteiger partial charge in [-0.3, -0.25) is 14.9 Å². The molecule has 1 aliphatic rings. The average Bonchev–Trinajstić information content (AvgIpc) is 2.53. The maximum atomic E-state index is 12.7. The Morgan fingerprint density at radius 3 is 2.91 bits per heavy atom. The molecule has 1 radical (unpaired) electrons. The molecule has 2 unspecified atom stereocenters. The number of nitrogens with two attached hydrogens (primary N) is 1. The van der Waals surface area contributed by atoms with Crippen molar-refractivity contribution in [2.24, 2.45) is 5.73 Å². The van der Waals surface area contributed by atoms with Gasteiger partial charge in [-0.05, 0) is 41.3 Å². The molecular weight excluding hydrogens is 312 g/mol. The molecular formula is C18H16ClN2O2. The average molecular weight is 328 g/mol. The third-order valence-electron chi connectivity index (χ3n) is 4.02. The van der Waals surface area contributed by atoms with E-state index in [2.05, 4.69) is 11.4 Å². The third kappa shape index (κ3) is 3.44. The Bertz CT molecular complexity index is 760. The molecule has 0 bridgehead atoms. The summed E-state index contributed by atoms with van der Waals surface area (Å²) in [5.74, 6) is -0.481. The number of fused-ring (bicyclic) bond motifs is 1. The fourth-order valence-electron chi connectivity index (χ4n) is 2.90. The summed E-state index contributed by atoms with van der Waals surface area (Å²) in [5, 5.41) is 3.67. The molecule has 2 aromatic carbocycles. The molecule has 0 fully saturated rings. The normalized spacial score (nSPS) is 19.9. The minimum Gasteiger partial charge on any atom is -0.368 e. The number of carbonyl (C=O) groups excluding carboxylic acids is 2. The van der Waals surface area contributed by atoms with Gasteiger partial charge in [-0.2, -0.15) is 0 Å². The summed E-state index contributed by atoms with van der Waals surface area (Å²) >= 11 is 5.97. The first kappa shape index (κ1) is 15.7. The van der Waals surface area contributed by atoms with Crippen LogP contribution in [0.4, 0.5) is 0 Å². The van der Waals surface area contributed by atoms with E-state index >= 15 is 0 Å². The van der Waals surface area contributed by atoms with Crippen molar-refractivity contribution in [1.29, 1.82) is 0 Å². The van der Waals surface area contributed by atoms with E-state index in [1.165, 1.54) is 0 Å². The van der Waals surface area contributed by atoms with Crippen LogP contribution in [0.2, 0.25) is 5.02 Å². The van der Waals surface area contributed by atoms with Crippen LogP contribution >= 0.6 is 11.6 Å². The van der Waals surface area contributed by atoms with Gasteiger partial charge in [0.25, 0.3) is 0 Å². The largest absolute Gasteiger partial charge is 0.368 e. The fraction of sp³-hybridized carbons (Fsp3) is 0.222. The summed E-state index contributed by atoms with van der Waals surface area (Å²) in [4.78, 5) is 24.3. The van der Waals surface area contributed by atoms with E-state index in [-0.39, 0.29) is 12.2 Å². The molecule has 1 heterocycles. The van der Waals surface area contributed by atoms with Crippen molar-refractivity contribution >= 4 is 23.3 Å². The molecule has 0 aliphatic carbocycles. The van der Waals surface area contributed by atoms with Crippen molar-refractivity contribution in [2.45, 2.75) is 24.9 Å². The zero-order valence-electron chi connectivity index (χ0n) is 12.4. The highest BCUT2D eigenvalue weighted by atomic mass is 35.5. The van der Waals surface area contributed by atoms with Gasteiger partial charge in [0.1, 0.15) is 0 Å². The number of benzene rings is 2. The molecule has 2 atom stereocenters. The summed E-state index contributed by atoms with van der Waals surface area (Å²) in [6.07, 6.45) is 0.713. The van der Waals surface area contributed by atoms with Crippen LogP contribution in [0, 0.1) is 6.07 Å². The van der Waals surface area contributed by atoms with Crippen molar-refractivity contribution in [1.82, 2.24) is 5.32 Å². The van der Waals surface area contributed by atoms with Crippen molar-refractivity contribution < 1.29 is 9.59 Å². The highest BCUT2D eigenvalue weighted by molar-refractivity contribution is 6.30. The summed E-state index contributed by atoms with van der Waals surface area (Å²) in [5.41, 5.74) is 8.07. The van der Waals surface area contributed by atoms with Gasteiger partial charge in [-0.15, -0.1) is 0 Å². The van der Waals surface area contributed by atoms with Gasteiger partial charge >= 0.3 is 0 Å². The van der Waals surface area contributed by atoms with Crippen molar-refractivity contribution in [3.63, 3.8) is 0 Å². The predicted molar refractivity (Wildman–Crippen MR) is 88.0 cm³/mol. The quantitative estimate of drug-likeness (QED) is 0.902. The number of ketones is 1. The van der Waals surface area contributed by atoms with Crippen LogP contribution in [-0.4, -0.2) is 17.7 Å². The molecule has 4 nitrogen and oxygen atoms in total. The Morgan fingerprint density at radius 1 is 1.35 bits per heavy atom. The molecule has 0 aromatic heterocycles. The van der Waals surface area contributed by atoms with E-state index in [0.29, 0.717) is 11.4 Å². The first-order valence-electron chi connectivity index (χ1n) is 7.36. The Kier molecular flexibility index (Phi) is 4.46. The van der Waals surface area contributed by atoms with E-state index in [9.17, 15) is 9.59 Å². The fourth-order valence-corrected chi connectivity index (χ4v) is 3.12. The molecule has 1 aliphatic heterocycles. The Morgan fingerprint density at radius 2 is 2.17 bits per heavy atom. The smallest absolute Gasteiger partial charge is 0.234 e. The van der Waals surface area contributed by atoms with E-state index in [4.69, 9.17) is 17.3 Å². The topological polar surface area (TPSA) is 72.2 Å². The minimum absolute atomic E-state index is 0.0225. The highest BCUT2D eigenvalue weighted by Gasteiger charge is 2.32. The van der Waals surface area contributed by atoms with Crippen LogP contribution in [0.3, 0.4) is 0 Å². The van der Waals surface area contributed by atoms with E-state index < -0.39 is 18.0 Å². The minimum atomic E-state index is -0.551. The maximum absolute atomic E-state index is 12.7. The number of primary amides is 1. The van der Waals surface area contributed by atoms with Crippen LogP contribution in [-0.2, 0) is 22.4 Å². The van der Waals surface area contributed by atoms with E-state index in [1.54, 1.807) is 18.2 Å². The zero-order chi connectivity index (χ0) is 16.4. The van der Waals surface area contributed by atoms with Gasteiger partial charge < -0.3 is 5.73 Å². The summed E-state index contributed by atoms with van der Waals surface area (Å²) < 4.78 is 0. The Hall–Kier alpha value is -2.17. The Labute approximate surface area is 139 Å². The number of halogens is 1. The van der Waals surface area contributed by atoms with Crippen LogP contribution in [0.1, 0.15) is 22.7 Å². The summed E-state index contributed by atoms with van der Waals surface area (Å²) in [6.45, 7) is 0. The van der Waals surface area contributed by atoms with Gasteiger partial charge in [-0.1, -0.05) is 41.9 Å². The molecule has 0 spiro atoms. The molecule has 0 saturated heterocycles. The zero-order valence-corrected chi connectivity index (χ0v) is 13.1. The second-order valence-electron chi connectivity index (χ2n) is 5.66. The van der Waals surface area contributed by atoms with Crippen LogP contribution < -0.4 is 11.1 Å². The van der Waals surface area contributed by atoms with Crippen molar-refractivity contribution in [3.05, 3.63) is 70.2 Å². The lowest BCUT2D eigenvalue weighted by Crippen LogP contribution is -2.50. The monoisotopic (exact) mass is 327 g/mol. The van der Waals surface area contributed by atoms with Crippen molar-refractivity contribution in [3.8, 4) is 0 Å². The standard InChI is InChI=1S/C18H16ClN2O2/c19-13-6-3-4-11(8-13)9-16(22)17-14-7-2-1-5-12(14)10-15(21-17)18(20)23/h2-8,15,17,21H,9-10H2,(H2,20,23). The number of Topliss-reactive ketones (excluding diaryl/α,β-unsaturated/α-hetero) is 1. The molecule has 0 saturated carbocycles. The van der Waals surface area contributed by atoms with Gasteiger partial charge in [-0.25, -0.2) is 0 Å². The predicted octanol–water partition coefficient (Wildman–Crippen LogP) is 1.99. The number of hydrogen-bond donors (Lipinski definition) is 2. The highest BCUT2D eigenvalue weighted by Crippen LogP contribution is 2.27. The lowest BCUT2D eigenvalue weighted by Gasteiger charge is -2.30. The number of rotatable bonds is 4. The molecule has 3 N–H and O–H groups in total. The molecule has 23 heavy (non-hydrogen) atoms. The lowest BCUT2D eigenvalue weighted by molar-refractivity contribution is -0.123. The number of nitrogens with one attached hydrogen (secondary N) is 1. The molecule has 2 aromatic rings. The van der Waals surface area contributed by atoms with E-state index in [1.807, 2.05) is 24.3 Å². The van der Waals surface area contributed by atoms with Gasteiger partial charge in [0.2, 0.25) is 5.91 Å². The molecule has 1 amide bonds. The van der Waals surface area contributed by atoms with E-state index in [0.717, 1.165) is 16.7 Å². The SMILES string of the molecule is NC(=O)C1Cc2c[c]ccc2C(C(=O)Cc2cccc(Cl)c2)N1. The second kappa shape index (κ2) is 6.52. The summed E-state index contributed by atoms with van der Waals surface area (Å²) in [6, 6.07) is 14.5. The van der Waals surface area contributed by atoms with Gasteiger partial charge in [0, 0.05) is 11.4 Å². The number of amides is 1. The first-order valence-corrected chi connectivity index (χ1v) is 7.74. The second-order valence-corrected chi connectivity index (χ2v) is 6.09. The molecule has 5 heteroatoms. The van der Waals surface area contributed by atoms with Crippen molar-refractivity contribution in [2.75, 3.05) is 0 Å². The maximum Gasteiger partial charge on any atom is 0.234 e. The number of hydrogen-bond acceptors (Lipinski definition) is 3. The van der Waals surface area contributed by atoms with Gasteiger partial charge in [0.15, 0.2) is 5.78 Å². The lowest BCUT2D eigenvalue weighted by atomic mass is 9.86. The first-order chi connectivity index (χ1) is 11.0. The van der Waals surface area contributed by atoms with Crippen LogP contribution in [0.5, 0.6) is 0 Å². The summed E-state index contributed by atoms with van der Waals surface area (Å²) in [7, 11) is 0. The molecule has 117 valence electrons. The number of carbonyl (C=O) groups is 2. The Balaban J connectivity index is 1.88. The molecule has 3 rings (SSSR count). The van der Waals surface area contributed by atoms with Crippen LogP contribution in [0.15, 0.2) is 42.5 Å². The van der Waals surface area contributed by atoms with Gasteiger partial charge in [0.05, 0.1) is 12.1 Å². The van der Waals surface area contributed by atoms with Crippen LogP contribution in [0.25, 0.3) is 0 Å². The third-order valence-corrected chi connectivity index (χ3v) is 4.26.